The van der Waals surface area contributed by atoms with E-state index < -0.39 is 12.1 Å². The number of nitrogens with zero attached hydrogens (tertiary/aromatic N) is 2. The molecule has 0 spiro atoms. The van der Waals surface area contributed by atoms with Gasteiger partial charge in [-0.25, -0.2) is 4.98 Å². The molecule has 4 rings (SSSR count). The summed E-state index contributed by atoms with van der Waals surface area (Å²) in [6.45, 7) is 4.08. The molecule has 2 fully saturated rings. The van der Waals surface area contributed by atoms with Crippen molar-refractivity contribution in [3.63, 3.8) is 0 Å². The summed E-state index contributed by atoms with van der Waals surface area (Å²) < 4.78 is 5.76. The fourth-order valence-electron chi connectivity index (χ4n) is 3.90. The van der Waals surface area contributed by atoms with Crippen LogP contribution in [0.2, 0.25) is 5.02 Å². The van der Waals surface area contributed by atoms with Gasteiger partial charge in [-0.3, -0.25) is 14.4 Å². The highest BCUT2D eigenvalue weighted by Crippen LogP contribution is 2.27. The van der Waals surface area contributed by atoms with E-state index in [-0.39, 0.29) is 41.1 Å². The van der Waals surface area contributed by atoms with E-state index in [0.29, 0.717) is 23.7 Å². The fraction of sp³-hybridized carbons (Fsp3) is 0.364. The lowest BCUT2D eigenvalue weighted by Crippen LogP contribution is -2.62. The van der Waals surface area contributed by atoms with Crippen LogP contribution in [0, 0.1) is 5.92 Å². The predicted molar refractivity (Wildman–Crippen MR) is 114 cm³/mol. The number of amides is 3. The Hall–Kier alpha value is -3.13. The number of piperazine rings is 1. The van der Waals surface area contributed by atoms with Crippen molar-refractivity contribution in [2.75, 3.05) is 6.54 Å². The summed E-state index contributed by atoms with van der Waals surface area (Å²) >= 11 is 5.90. The van der Waals surface area contributed by atoms with Crippen LogP contribution in [0.5, 0.6) is 11.6 Å². The number of hydrogen-bond acceptors (Lipinski definition) is 5. The summed E-state index contributed by atoms with van der Waals surface area (Å²) in [6.07, 6.45) is 1.90. The molecule has 1 aromatic carbocycles. The Morgan fingerprint density at radius 2 is 2.00 bits per heavy atom. The second kappa shape index (κ2) is 8.55. The number of fused-ring (bicyclic) bond motifs is 1. The Balaban J connectivity index is 1.47. The van der Waals surface area contributed by atoms with E-state index in [2.05, 4.69) is 15.6 Å². The molecular weight excluding hydrogens is 420 g/mol. The first-order chi connectivity index (χ1) is 14.8. The minimum atomic E-state index is -0.563. The first-order valence-corrected chi connectivity index (χ1v) is 10.5. The normalized spacial score (nSPS) is 22.8. The number of halogens is 1. The van der Waals surface area contributed by atoms with Crippen LogP contribution in [0.15, 0.2) is 42.6 Å². The van der Waals surface area contributed by atoms with Crippen molar-refractivity contribution in [1.29, 1.82) is 0 Å². The van der Waals surface area contributed by atoms with Gasteiger partial charge in [0.25, 0.3) is 5.91 Å². The number of hydrogen-bond donors (Lipinski definition) is 2. The van der Waals surface area contributed by atoms with Crippen LogP contribution in [0.3, 0.4) is 0 Å². The lowest BCUT2D eigenvalue weighted by molar-refractivity contribution is -0.148. The van der Waals surface area contributed by atoms with E-state index in [4.69, 9.17) is 16.3 Å². The molecule has 2 aliphatic heterocycles. The summed E-state index contributed by atoms with van der Waals surface area (Å²) in [5.74, 6) is -0.0132. The van der Waals surface area contributed by atoms with E-state index >= 15 is 0 Å². The second-order valence-electron chi connectivity index (χ2n) is 8.05. The van der Waals surface area contributed by atoms with Gasteiger partial charge in [0.05, 0.1) is 0 Å². The van der Waals surface area contributed by atoms with Crippen LogP contribution in [0.25, 0.3) is 0 Å². The zero-order chi connectivity index (χ0) is 22.1. The lowest BCUT2D eigenvalue weighted by atomic mass is 9.98. The molecule has 0 aliphatic carbocycles. The molecule has 3 amide bonds. The standard InChI is InChI=1S/C22H23ClN4O4/c1-12(2)18-22(30)27-11-14(10-17(27)20(29)26-18)25-19(28)16-4-3-9-24-21(16)31-15-7-5-13(23)6-8-15/h3-9,12,14,17-18H,10-11H2,1-2H3,(H,25,28)(H,26,29)/t14-,17-,18-/m0/s1. The van der Waals surface area contributed by atoms with Crippen molar-refractivity contribution >= 4 is 29.3 Å². The monoisotopic (exact) mass is 442 g/mol. The molecule has 2 aromatic rings. The maximum atomic E-state index is 13.0. The third-order valence-corrected chi connectivity index (χ3v) is 5.75. The van der Waals surface area contributed by atoms with E-state index in [1.54, 1.807) is 41.3 Å². The number of carbonyl (C=O) groups excluding carboxylic acids is 3. The maximum absolute atomic E-state index is 13.0. The fourth-order valence-corrected chi connectivity index (χ4v) is 4.02. The zero-order valence-electron chi connectivity index (χ0n) is 17.2. The van der Waals surface area contributed by atoms with Crippen molar-refractivity contribution in [3.8, 4) is 11.6 Å². The third kappa shape index (κ3) is 4.34. The average Bonchev–Trinajstić information content (AvgIpc) is 3.17. The molecule has 0 unspecified atom stereocenters. The van der Waals surface area contributed by atoms with Gasteiger partial charge in [0.15, 0.2) is 0 Å². The minimum Gasteiger partial charge on any atom is -0.438 e. The topological polar surface area (TPSA) is 101 Å². The highest BCUT2D eigenvalue weighted by atomic mass is 35.5. The van der Waals surface area contributed by atoms with Crippen LogP contribution in [-0.2, 0) is 9.59 Å². The smallest absolute Gasteiger partial charge is 0.257 e. The summed E-state index contributed by atoms with van der Waals surface area (Å²) in [5.41, 5.74) is 0.262. The highest BCUT2D eigenvalue weighted by Gasteiger charge is 2.47. The van der Waals surface area contributed by atoms with E-state index in [1.807, 2.05) is 13.8 Å². The number of pyridine rings is 1. The number of ether oxygens (including phenoxy) is 1. The van der Waals surface area contributed by atoms with Gasteiger partial charge in [-0.15, -0.1) is 0 Å². The Morgan fingerprint density at radius 3 is 2.71 bits per heavy atom. The maximum Gasteiger partial charge on any atom is 0.257 e. The first-order valence-electron chi connectivity index (χ1n) is 10.1. The highest BCUT2D eigenvalue weighted by molar-refractivity contribution is 6.30. The molecular formula is C22H23ClN4O4. The molecule has 8 nitrogen and oxygen atoms in total. The van der Waals surface area contributed by atoms with E-state index in [1.165, 1.54) is 6.20 Å². The molecule has 9 heteroatoms. The Morgan fingerprint density at radius 1 is 1.26 bits per heavy atom. The Bertz CT molecular complexity index is 1010. The molecule has 2 saturated heterocycles. The van der Waals surface area contributed by atoms with Crippen LogP contribution in [-0.4, -0.2) is 52.3 Å². The molecule has 3 atom stereocenters. The third-order valence-electron chi connectivity index (χ3n) is 5.50. The van der Waals surface area contributed by atoms with Gasteiger partial charge < -0.3 is 20.3 Å². The molecule has 0 saturated carbocycles. The van der Waals surface area contributed by atoms with E-state index in [0.717, 1.165) is 0 Å². The summed E-state index contributed by atoms with van der Waals surface area (Å²) in [6, 6.07) is 8.55. The summed E-state index contributed by atoms with van der Waals surface area (Å²) in [7, 11) is 0. The zero-order valence-corrected chi connectivity index (χ0v) is 17.9. The van der Waals surface area contributed by atoms with Crippen molar-refractivity contribution < 1.29 is 19.1 Å². The Labute approximate surface area is 184 Å². The number of aromatic nitrogens is 1. The van der Waals surface area contributed by atoms with Crippen molar-refractivity contribution in [2.24, 2.45) is 5.92 Å². The molecule has 0 bridgehead atoms. The number of rotatable bonds is 5. The number of benzene rings is 1. The molecule has 162 valence electrons. The average molecular weight is 443 g/mol. The molecule has 3 heterocycles. The van der Waals surface area contributed by atoms with E-state index in [9.17, 15) is 14.4 Å². The van der Waals surface area contributed by atoms with Crippen LogP contribution in [0.4, 0.5) is 0 Å². The van der Waals surface area contributed by atoms with Gasteiger partial charge in [-0.05, 0) is 48.7 Å². The molecule has 1 aromatic heterocycles. The second-order valence-corrected chi connectivity index (χ2v) is 8.49. The number of carbonyl (C=O) groups is 3. The SMILES string of the molecule is CC(C)[C@@H]1NC(=O)[C@@H]2C[C@H](NC(=O)c3cccnc3Oc3ccc(Cl)cc3)CN2C1=O. The molecule has 31 heavy (non-hydrogen) atoms. The number of nitrogens with one attached hydrogen (secondary N) is 2. The molecule has 2 aliphatic rings. The summed E-state index contributed by atoms with van der Waals surface area (Å²) in [4.78, 5) is 43.9. The minimum absolute atomic E-state index is 0.00555. The van der Waals surface area contributed by atoms with Crippen LogP contribution in [0.1, 0.15) is 30.6 Å². The van der Waals surface area contributed by atoms with Crippen LogP contribution < -0.4 is 15.4 Å². The van der Waals surface area contributed by atoms with Crippen molar-refractivity contribution in [1.82, 2.24) is 20.5 Å². The van der Waals surface area contributed by atoms with Crippen LogP contribution >= 0.6 is 11.6 Å². The van der Waals surface area contributed by atoms with Gasteiger partial charge in [0, 0.05) is 23.8 Å². The van der Waals surface area contributed by atoms with Crippen molar-refractivity contribution in [3.05, 3.63) is 53.2 Å². The van der Waals surface area contributed by atoms with Gasteiger partial charge >= 0.3 is 0 Å². The first kappa shape index (κ1) is 21.1. The van der Waals surface area contributed by atoms with Gasteiger partial charge in [0.2, 0.25) is 17.7 Å². The largest absolute Gasteiger partial charge is 0.438 e. The van der Waals surface area contributed by atoms with Crippen molar-refractivity contribution in [2.45, 2.75) is 38.4 Å². The molecule has 0 radical (unpaired) electrons. The van der Waals surface area contributed by atoms with Gasteiger partial charge in [-0.2, -0.15) is 0 Å². The Kier molecular flexibility index (Phi) is 5.82. The predicted octanol–water partition coefficient (Wildman–Crippen LogP) is 2.38. The molecule has 2 N–H and O–H groups in total. The quantitative estimate of drug-likeness (QED) is 0.740. The lowest BCUT2D eigenvalue weighted by Gasteiger charge is -2.36. The van der Waals surface area contributed by atoms with Gasteiger partial charge in [-0.1, -0.05) is 25.4 Å². The summed E-state index contributed by atoms with van der Waals surface area (Å²) in [5, 5.41) is 6.29. The van der Waals surface area contributed by atoms with Gasteiger partial charge in [0.1, 0.15) is 23.4 Å².